The van der Waals surface area contributed by atoms with Crippen LogP contribution in [0.25, 0.3) is 10.9 Å². The maximum Gasteiger partial charge on any atom is 0.322 e. The Labute approximate surface area is 113 Å². The second kappa shape index (κ2) is 5.47. The molecule has 104 valence electrons. The van der Waals surface area contributed by atoms with E-state index in [-0.39, 0.29) is 0 Å². The summed E-state index contributed by atoms with van der Waals surface area (Å²) in [7, 11) is 0. The first-order chi connectivity index (χ1) is 9.50. The second-order valence-electron chi connectivity index (χ2n) is 4.14. The Bertz CT molecular complexity index is 725. The number of hydrogen-bond donors (Lipinski definition) is 2. The number of aliphatic carboxylic acids is 1. The summed E-state index contributed by atoms with van der Waals surface area (Å²) in [6.07, 6.45) is 0. The molecule has 0 saturated carbocycles. The Morgan fingerprint density at radius 3 is 2.80 bits per heavy atom. The number of fused-ring (bicyclic) bond motifs is 1. The molecule has 2 rings (SSSR count). The highest BCUT2D eigenvalue weighted by Gasteiger charge is 2.19. The SMILES string of the molecule is CC(C(=O)NCC(=O)O)n1nnc2ccccc2c1=O. The third kappa shape index (κ3) is 2.63. The molecule has 1 aromatic carbocycles. The summed E-state index contributed by atoms with van der Waals surface area (Å²) < 4.78 is 0.930. The molecule has 0 saturated heterocycles. The van der Waals surface area contributed by atoms with Crippen molar-refractivity contribution in [3.8, 4) is 0 Å². The van der Waals surface area contributed by atoms with Crippen LogP contribution in [-0.4, -0.2) is 38.5 Å². The fraction of sp³-hybridized carbons (Fsp3) is 0.250. The number of hydrogen-bond acceptors (Lipinski definition) is 5. The highest BCUT2D eigenvalue weighted by Crippen LogP contribution is 2.06. The predicted molar refractivity (Wildman–Crippen MR) is 69.2 cm³/mol. The first-order valence-corrected chi connectivity index (χ1v) is 5.84. The first kappa shape index (κ1) is 13.7. The molecule has 0 aliphatic carbocycles. The van der Waals surface area contributed by atoms with Gasteiger partial charge in [0.2, 0.25) is 5.91 Å². The molecule has 1 atom stereocenters. The van der Waals surface area contributed by atoms with E-state index in [0.29, 0.717) is 10.9 Å². The molecule has 0 radical (unpaired) electrons. The van der Waals surface area contributed by atoms with Crippen molar-refractivity contribution in [1.29, 1.82) is 0 Å². The third-order valence-corrected chi connectivity index (χ3v) is 2.75. The lowest BCUT2D eigenvalue weighted by atomic mass is 10.2. The molecule has 1 amide bonds. The Morgan fingerprint density at radius 2 is 2.10 bits per heavy atom. The zero-order valence-electron chi connectivity index (χ0n) is 10.6. The Hall–Kier alpha value is -2.77. The highest BCUT2D eigenvalue weighted by molar-refractivity contribution is 5.84. The van der Waals surface area contributed by atoms with Gasteiger partial charge in [0.15, 0.2) is 0 Å². The predicted octanol–water partition coefficient (Wildman–Crippen LogP) is -0.447. The molecule has 2 N–H and O–H groups in total. The molecule has 8 heteroatoms. The standard InChI is InChI=1S/C12H12N4O4/c1-7(11(19)13-6-10(17)18)16-12(20)8-4-2-3-5-9(8)14-15-16/h2-5,7H,6H2,1H3,(H,13,19)(H,17,18). The summed E-state index contributed by atoms with van der Waals surface area (Å²) in [6, 6.07) is 5.70. The number of amides is 1. The average Bonchev–Trinajstić information content (AvgIpc) is 2.44. The largest absolute Gasteiger partial charge is 0.480 e. The zero-order valence-corrected chi connectivity index (χ0v) is 10.6. The number of nitrogens with one attached hydrogen (secondary N) is 1. The zero-order chi connectivity index (χ0) is 14.7. The van der Waals surface area contributed by atoms with Crippen LogP contribution in [0.1, 0.15) is 13.0 Å². The lowest BCUT2D eigenvalue weighted by Gasteiger charge is -2.12. The van der Waals surface area contributed by atoms with Crippen LogP contribution in [0.15, 0.2) is 29.1 Å². The summed E-state index contributed by atoms with van der Waals surface area (Å²) in [4.78, 5) is 34.3. The first-order valence-electron chi connectivity index (χ1n) is 5.84. The maximum absolute atomic E-state index is 12.2. The van der Waals surface area contributed by atoms with E-state index in [1.165, 1.54) is 6.92 Å². The average molecular weight is 276 g/mol. The Morgan fingerprint density at radius 1 is 1.40 bits per heavy atom. The van der Waals surface area contributed by atoms with Gasteiger partial charge in [0.25, 0.3) is 5.56 Å². The summed E-state index contributed by atoms with van der Waals surface area (Å²) >= 11 is 0. The van der Waals surface area contributed by atoms with Crippen molar-refractivity contribution in [1.82, 2.24) is 20.3 Å². The summed E-state index contributed by atoms with van der Waals surface area (Å²) in [5.41, 5.74) is -0.0135. The Balaban J connectivity index is 2.33. The molecule has 20 heavy (non-hydrogen) atoms. The summed E-state index contributed by atoms with van der Waals surface area (Å²) in [6.45, 7) is 0.932. The molecule has 0 spiro atoms. The molecule has 1 aromatic heterocycles. The van der Waals surface area contributed by atoms with E-state index in [9.17, 15) is 14.4 Å². The minimum Gasteiger partial charge on any atom is -0.480 e. The summed E-state index contributed by atoms with van der Waals surface area (Å²) in [5, 5.41) is 18.6. The van der Waals surface area contributed by atoms with Gasteiger partial charge < -0.3 is 10.4 Å². The summed E-state index contributed by atoms with van der Waals surface area (Å²) in [5.74, 6) is -1.78. The normalized spacial score (nSPS) is 12.1. The van der Waals surface area contributed by atoms with E-state index >= 15 is 0 Å². The molecule has 0 fully saturated rings. The number of aromatic nitrogens is 3. The van der Waals surface area contributed by atoms with Crippen LogP contribution >= 0.6 is 0 Å². The van der Waals surface area contributed by atoms with E-state index < -0.39 is 30.0 Å². The quantitative estimate of drug-likeness (QED) is 0.782. The van der Waals surface area contributed by atoms with Crippen molar-refractivity contribution in [3.05, 3.63) is 34.6 Å². The van der Waals surface area contributed by atoms with Gasteiger partial charge in [-0.1, -0.05) is 17.3 Å². The number of carboxylic acids is 1. The van der Waals surface area contributed by atoms with E-state index in [1.54, 1.807) is 24.3 Å². The molecular formula is C12H12N4O4. The van der Waals surface area contributed by atoms with Gasteiger partial charge in [-0.2, -0.15) is 4.68 Å². The van der Waals surface area contributed by atoms with Crippen LogP contribution in [0.2, 0.25) is 0 Å². The van der Waals surface area contributed by atoms with Gasteiger partial charge in [0.1, 0.15) is 18.1 Å². The number of carboxylic acid groups (broad SMARTS) is 1. The van der Waals surface area contributed by atoms with Crippen molar-refractivity contribution >= 4 is 22.8 Å². The van der Waals surface area contributed by atoms with Crippen molar-refractivity contribution in [2.75, 3.05) is 6.54 Å². The number of carbonyl (C=O) groups is 2. The van der Waals surface area contributed by atoms with E-state index in [4.69, 9.17) is 5.11 Å². The van der Waals surface area contributed by atoms with Crippen LogP contribution in [-0.2, 0) is 9.59 Å². The molecule has 0 aliphatic rings. The van der Waals surface area contributed by atoms with Gasteiger partial charge >= 0.3 is 5.97 Å². The van der Waals surface area contributed by atoms with Gasteiger partial charge in [0.05, 0.1) is 5.39 Å². The van der Waals surface area contributed by atoms with Crippen molar-refractivity contribution in [2.45, 2.75) is 13.0 Å². The van der Waals surface area contributed by atoms with Gasteiger partial charge in [-0.3, -0.25) is 14.4 Å². The maximum atomic E-state index is 12.2. The number of nitrogens with zero attached hydrogens (tertiary/aromatic N) is 3. The van der Waals surface area contributed by atoms with Crippen LogP contribution in [0.4, 0.5) is 0 Å². The van der Waals surface area contributed by atoms with Crippen LogP contribution in [0.3, 0.4) is 0 Å². The van der Waals surface area contributed by atoms with Gasteiger partial charge in [-0.05, 0) is 19.1 Å². The van der Waals surface area contributed by atoms with E-state index in [2.05, 4.69) is 15.6 Å². The smallest absolute Gasteiger partial charge is 0.322 e. The minimum atomic E-state index is -1.16. The lowest BCUT2D eigenvalue weighted by molar-refractivity contribution is -0.138. The molecule has 1 heterocycles. The fourth-order valence-electron chi connectivity index (χ4n) is 1.68. The van der Waals surface area contributed by atoms with E-state index in [1.807, 2.05) is 0 Å². The third-order valence-electron chi connectivity index (χ3n) is 2.75. The minimum absolute atomic E-state index is 0.348. The molecule has 2 aromatic rings. The molecule has 0 aliphatic heterocycles. The van der Waals surface area contributed by atoms with Gasteiger partial charge in [-0.15, -0.1) is 5.10 Å². The number of benzene rings is 1. The van der Waals surface area contributed by atoms with Crippen molar-refractivity contribution < 1.29 is 14.7 Å². The molecule has 1 unspecified atom stereocenters. The van der Waals surface area contributed by atoms with Crippen LogP contribution < -0.4 is 10.9 Å². The fourth-order valence-corrected chi connectivity index (χ4v) is 1.68. The Kier molecular flexibility index (Phi) is 3.74. The molecular weight excluding hydrogens is 264 g/mol. The van der Waals surface area contributed by atoms with Crippen LogP contribution in [0, 0.1) is 0 Å². The lowest BCUT2D eigenvalue weighted by Crippen LogP contribution is -2.39. The van der Waals surface area contributed by atoms with Gasteiger partial charge in [0, 0.05) is 0 Å². The number of carbonyl (C=O) groups excluding carboxylic acids is 1. The van der Waals surface area contributed by atoms with Crippen molar-refractivity contribution in [2.24, 2.45) is 0 Å². The monoisotopic (exact) mass is 276 g/mol. The molecule has 0 bridgehead atoms. The van der Waals surface area contributed by atoms with Crippen LogP contribution in [0.5, 0.6) is 0 Å². The second-order valence-corrected chi connectivity index (χ2v) is 4.14. The number of rotatable bonds is 4. The van der Waals surface area contributed by atoms with Gasteiger partial charge in [-0.25, -0.2) is 0 Å². The van der Waals surface area contributed by atoms with Crippen molar-refractivity contribution in [3.63, 3.8) is 0 Å². The molecule has 8 nitrogen and oxygen atoms in total. The highest BCUT2D eigenvalue weighted by atomic mass is 16.4. The topological polar surface area (TPSA) is 114 Å². The van der Waals surface area contributed by atoms with E-state index in [0.717, 1.165) is 4.68 Å².